The number of ether oxygens (including phenoxy) is 2. The molecule has 0 aromatic carbocycles. The van der Waals surface area contributed by atoms with Crippen LogP contribution in [0.4, 0.5) is 4.79 Å². The first-order valence-corrected chi connectivity index (χ1v) is 9.84. The maximum Gasteiger partial charge on any atom is 0.320 e. The van der Waals surface area contributed by atoms with Crippen molar-refractivity contribution in [3.8, 4) is 0 Å². The van der Waals surface area contributed by atoms with E-state index in [0.29, 0.717) is 19.1 Å². The Morgan fingerprint density at radius 2 is 2.12 bits per heavy atom. The summed E-state index contributed by atoms with van der Waals surface area (Å²) in [5, 5.41) is 0. The molecule has 6 nitrogen and oxygen atoms in total. The zero-order valence-corrected chi connectivity index (χ0v) is 15.7. The van der Waals surface area contributed by atoms with Crippen LogP contribution in [-0.2, 0) is 16.1 Å². The van der Waals surface area contributed by atoms with Crippen molar-refractivity contribution < 1.29 is 14.3 Å². The summed E-state index contributed by atoms with van der Waals surface area (Å²) >= 11 is 0. The Morgan fingerprint density at radius 1 is 1.31 bits per heavy atom. The van der Waals surface area contributed by atoms with Crippen molar-refractivity contribution in [1.82, 2.24) is 14.8 Å². The molecule has 1 aromatic heterocycles. The number of urea groups is 1. The number of nitrogens with zero attached hydrogens (tertiary/aromatic N) is 3. The molecule has 4 heterocycles. The van der Waals surface area contributed by atoms with Gasteiger partial charge >= 0.3 is 6.03 Å². The summed E-state index contributed by atoms with van der Waals surface area (Å²) in [5.74, 6) is 0.482. The summed E-state index contributed by atoms with van der Waals surface area (Å²) in [7, 11) is 0. The topological polar surface area (TPSA) is 54.9 Å². The zero-order valence-electron chi connectivity index (χ0n) is 15.7. The predicted molar refractivity (Wildman–Crippen MR) is 97.8 cm³/mol. The third-order valence-corrected chi connectivity index (χ3v) is 5.97. The first-order chi connectivity index (χ1) is 12.7. The minimum Gasteiger partial charge on any atom is -0.375 e. The van der Waals surface area contributed by atoms with Crippen molar-refractivity contribution in [3.05, 3.63) is 29.6 Å². The molecule has 0 aliphatic carbocycles. The molecule has 0 saturated carbocycles. The fourth-order valence-corrected chi connectivity index (χ4v) is 4.47. The highest BCUT2D eigenvalue weighted by atomic mass is 16.5. The Kier molecular flexibility index (Phi) is 5.14. The lowest BCUT2D eigenvalue weighted by Crippen LogP contribution is -2.67. The lowest BCUT2D eigenvalue weighted by molar-refractivity contribution is -0.121. The van der Waals surface area contributed by atoms with Gasteiger partial charge in [-0.05, 0) is 50.7 Å². The monoisotopic (exact) mass is 359 g/mol. The van der Waals surface area contributed by atoms with Gasteiger partial charge in [0, 0.05) is 32.0 Å². The van der Waals surface area contributed by atoms with Crippen LogP contribution in [-0.4, -0.2) is 65.8 Å². The van der Waals surface area contributed by atoms with Gasteiger partial charge in [0.15, 0.2) is 0 Å². The molecular formula is C20H29N3O3. The van der Waals surface area contributed by atoms with Crippen LogP contribution in [0.25, 0.3) is 0 Å². The van der Waals surface area contributed by atoms with Crippen molar-refractivity contribution in [1.29, 1.82) is 0 Å². The van der Waals surface area contributed by atoms with E-state index in [1.54, 1.807) is 0 Å². The van der Waals surface area contributed by atoms with E-state index in [4.69, 9.17) is 9.47 Å². The van der Waals surface area contributed by atoms with E-state index < -0.39 is 0 Å². The standard InChI is InChI=1S/C20H29N3O3/c1-16-5-4-6-18(21-16)13-25-11-7-17-8-12-26-20(17)14-23(15-20)19(24)22-9-2-3-10-22/h4-6,17H,2-3,7-15H2,1H3/t17-/m1/s1. The van der Waals surface area contributed by atoms with E-state index in [0.717, 1.165) is 69.9 Å². The van der Waals surface area contributed by atoms with Crippen molar-refractivity contribution in [2.75, 3.05) is 39.4 Å². The maximum absolute atomic E-state index is 12.5. The molecule has 3 aliphatic rings. The number of aromatic nitrogens is 1. The van der Waals surface area contributed by atoms with E-state index in [2.05, 4.69) is 4.98 Å². The number of pyridine rings is 1. The van der Waals surface area contributed by atoms with Gasteiger partial charge in [-0.2, -0.15) is 0 Å². The van der Waals surface area contributed by atoms with Gasteiger partial charge in [-0.1, -0.05) is 6.07 Å². The molecule has 1 atom stereocenters. The Morgan fingerprint density at radius 3 is 2.88 bits per heavy atom. The Bertz CT molecular complexity index is 639. The van der Waals surface area contributed by atoms with E-state index in [1.165, 1.54) is 0 Å². The summed E-state index contributed by atoms with van der Waals surface area (Å²) in [5.41, 5.74) is 1.88. The van der Waals surface area contributed by atoms with Crippen LogP contribution in [0.15, 0.2) is 18.2 Å². The van der Waals surface area contributed by atoms with Gasteiger partial charge in [0.05, 0.1) is 25.4 Å². The highest BCUT2D eigenvalue weighted by Gasteiger charge is 2.54. The molecule has 1 aromatic rings. The van der Waals surface area contributed by atoms with Gasteiger partial charge in [0.25, 0.3) is 0 Å². The molecule has 0 unspecified atom stereocenters. The molecule has 6 heteroatoms. The van der Waals surface area contributed by atoms with Crippen LogP contribution < -0.4 is 0 Å². The Labute approximate surface area is 155 Å². The minimum absolute atomic E-state index is 0.125. The van der Waals surface area contributed by atoms with Crippen LogP contribution in [0.2, 0.25) is 0 Å². The van der Waals surface area contributed by atoms with Gasteiger partial charge < -0.3 is 19.3 Å². The SMILES string of the molecule is Cc1cccc(COCC[C@@H]2CCOC23CN(C(=O)N2CCCC2)C3)n1. The highest BCUT2D eigenvalue weighted by molar-refractivity contribution is 5.76. The Hall–Kier alpha value is -1.66. The molecule has 1 spiro atoms. The summed E-state index contributed by atoms with van der Waals surface area (Å²) < 4.78 is 11.9. The molecule has 0 bridgehead atoms. The fraction of sp³-hybridized carbons (Fsp3) is 0.700. The third kappa shape index (κ3) is 3.58. The molecule has 142 valence electrons. The van der Waals surface area contributed by atoms with Gasteiger partial charge in [-0.15, -0.1) is 0 Å². The number of rotatable bonds is 5. The largest absolute Gasteiger partial charge is 0.375 e. The normalized spacial score (nSPS) is 24.3. The second-order valence-electron chi connectivity index (χ2n) is 7.84. The van der Waals surface area contributed by atoms with E-state index >= 15 is 0 Å². The average Bonchev–Trinajstić information content (AvgIpc) is 3.26. The molecular weight excluding hydrogens is 330 g/mol. The second-order valence-corrected chi connectivity index (χ2v) is 7.84. The molecule has 3 saturated heterocycles. The lowest BCUT2D eigenvalue weighted by Gasteiger charge is -2.51. The molecule has 0 radical (unpaired) electrons. The predicted octanol–water partition coefficient (Wildman–Crippen LogP) is 2.60. The first kappa shape index (κ1) is 17.7. The van der Waals surface area contributed by atoms with Crippen LogP contribution in [0.5, 0.6) is 0 Å². The Balaban J connectivity index is 1.22. The molecule has 26 heavy (non-hydrogen) atoms. The molecule has 3 aliphatic heterocycles. The van der Waals surface area contributed by atoms with Gasteiger partial charge in [0.2, 0.25) is 0 Å². The first-order valence-electron chi connectivity index (χ1n) is 9.84. The number of amides is 2. The number of carbonyl (C=O) groups is 1. The number of likely N-dealkylation sites (tertiary alicyclic amines) is 2. The molecule has 0 N–H and O–H groups in total. The summed E-state index contributed by atoms with van der Waals surface area (Å²) in [6, 6.07) is 6.21. The highest BCUT2D eigenvalue weighted by Crippen LogP contribution is 2.42. The third-order valence-electron chi connectivity index (χ3n) is 5.97. The lowest BCUT2D eigenvalue weighted by atomic mass is 9.79. The summed E-state index contributed by atoms with van der Waals surface area (Å²) in [6.07, 6.45) is 4.32. The summed E-state index contributed by atoms with van der Waals surface area (Å²) in [4.78, 5) is 20.9. The van der Waals surface area contributed by atoms with Crippen LogP contribution in [0, 0.1) is 12.8 Å². The number of carbonyl (C=O) groups excluding carboxylic acids is 1. The van der Waals surface area contributed by atoms with E-state index in [-0.39, 0.29) is 11.6 Å². The minimum atomic E-state index is -0.125. The van der Waals surface area contributed by atoms with Crippen molar-refractivity contribution in [2.45, 2.75) is 44.8 Å². The van der Waals surface area contributed by atoms with Crippen molar-refractivity contribution >= 4 is 6.03 Å². The zero-order chi connectivity index (χ0) is 18.0. The fourth-order valence-electron chi connectivity index (χ4n) is 4.47. The number of hydrogen-bond donors (Lipinski definition) is 0. The molecule has 3 fully saturated rings. The molecule has 2 amide bonds. The summed E-state index contributed by atoms with van der Waals surface area (Å²) in [6.45, 7) is 7.37. The average molecular weight is 359 g/mol. The van der Waals surface area contributed by atoms with E-state index in [9.17, 15) is 4.79 Å². The number of aryl methyl sites for hydroxylation is 1. The quantitative estimate of drug-likeness (QED) is 0.759. The van der Waals surface area contributed by atoms with Gasteiger partial charge in [-0.25, -0.2) is 4.79 Å². The van der Waals surface area contributed by atoms with Crippen LogP contribution >= 0.6 is 0 Å². The van der Waals surface area contributed by atoms with Crippen molar-refractivity contribution in [2.24, 2.45) is 5.92 Å². The maximum atomic E-state index is 12.5. The smallest absolute Gasteiger partial charge is 0.320 e. The molecule has 4 rings (SSSR count). The van der Waals surface area contributed by atoms with Gasteiger partial charge in [0.1, 0.15) is 5.60 Å². The van der Waals surface area contributed by atoms with E-state index in [1.807, 2.05) is 34.9 Å². The van der Waals surface area contributed by atoms with Crippen LogP contribution in [0.3, 0.4) is 0 Å². The van der Waals surface area contributed by atoms with Crippen molar-refractivity contribution in [3.63, 3.8) is 0 Å². The van der Waals surface area contributed by atoms with Gasteiger partial charge in [-0.3, -0.25) is 4.98 Å². The van der Waals surface area contributed by atoms with Crippen LogP contribution in [0.1, 0.15) is 37.1 Å². The number of hydrogen-bond acceptors (Lipinski definition) is 4. The second kappa shape index (κ2) is 7.53.